The lowest BCUT2D eigenvalue weighted by atomic mass is 9.83. The van der Waals surface area contributed by atoms with Crippen molar-refractivity contribution in [3.63, 3.8) is 0 Å². The Hall–Kier alpha value is -1.28. The molecule has 2 aromatic heterocycles. The molecule has 0 aliphatic heterocycles. The molecule has 162 valence electrons. The van der Waals surface area contributed by atoms with E-state index in [0.29, 0.717) is 25.8 Å². The number of hydrogen-bond acceptors (Lipinski definition) is 4. The van der Waals surface area contributed by atoms with E-state index in [0.717, 1.165) is 26.8 Å². The zero-order chi connectivity index (χ0) is 22.6. The molecule has 0 radical (unpaired) electrons. The Bertz CT molecular complexity index is 1390. The van der Waals surface area contributed by atoms with Crippen LogP contribution < -0.4 is 4.31 Å². The average molecular weight is 531 g/mol. The first-order chi connectivity index (χ1) is 14.5. The van der Waals surface area contributed by atoms with E-state index in [2.05, 4.69) is 13.8 Å². The summed E-state index contributed by atoms with van der Waals surface area (Å²) >= 11 is 22.2. The van der Waals surface area contributed by atoms with Crippen LogP contribution in [-0.2, 0) is 15.4 Å². The molecule has 0 aliphatic rings. The SMILES string of the molecule is CC(C)(c1cc(Cl)cc(N(c2cc3ccsc3cc2Cl)S(C)(=O)=O)c1)c1ccc(Cl)s1. The van der Waals surface area contributed by atoms with Gasteiger partial charge in [-0.1, -0.05) is 48.7 Å². The maximum atomic E-state index is 12.9. The molecule has 4 aromatic rings. The Balaban J connectivity index is 1.92. The average Bonchev–Trinajstić information content (AvgIpc) is 3.29. The highest BCUT2D eigenvalue weighted by molar-refractivity contribution is 7.92. The fourth-order valence-corrected chi connectivity index (χ4v) is 7.05. The van der Waals surface area contributed by atoms with Crippen LogP contribution in [0.4, 0.5) is 11.4 Å². The normalized spacial score (nSPS) is 12.5. The molecule has 0 atom stereocenters. The van der Waals surface area contributed by atoms with Gasteiger partial charge in [0, 0.05) is 20.0 Å². The summed E-state index contributed by atoms with van der Waals surface area (Å²) in [6.45, 7) is 4.11. The van der Waals surface area contributed by atoms with E-state index in [9.17, 15) is 8.42 Å². The minimum atomic E-state index is -3.71. The number of fused-ring (bicyclic) bond motifs is 1. The molecule has 2 aromatic carbocycles. The standard InChI is InChI=1S/C22H18Cl3NO2S3/c1-22(2,20-4-5-21(25)30-20)14-9-15(23)11-16(10-14)26(31(3,27)28)18-8-13-6-7-29-19(13)12-17(18)24/h4-12H,1-3H3. The third-order valence-corrected chi connectivity index (χ3v) is 9.13. The van der Waals surface area contributed by atoms with Crippen molar-refractivity contribution in [3.8, 4) is 0 Å². The molecule has 0 saturated heterocycles. The minimum absolute atomic E-state index is 0.353. The highest BCUT2D eigenvalue weighted by Crippen LogP contribution is 2.43. The summed E-state index contributed by atoms with van der Waals surface area (Å²) in [5.41, 5.74) is 1.26. The van der Waals surface area contributed by atoms with Crippen LogP contribution in [0.15, 0.2) is 53.9 Å². The van der Waals surface area contributed by atoms with E-state index in [1.165, 1.54) is 15.6 Å². The first-order valence-corrected chi connectivity index (χ1v) is 13.9. The number of sulfonamides is 1. The molecule has 0 N–H and O–H groups in total. The predicted molar refractivity (Wildman–Crippen MR) is 137 cm³/mol. The molecule has 0 aliphatic carbocycles. The van der Waals surface area contributed by atoms with Gasteiger partial charge >= 0.3 is 0 Å². The van der Waals surface area contributed by atoms with Crippen LogP contribution in [-0.4, -0.2) is 14.7 Å². The van der Waals surface area contributed by atoms with Gasteiger partial charge in [0.1, 0.15) is 0 Å². The van der Waals surface area contributed by atoms with Crippen molar-refractivity contribution in [2.45, 2.75) is 19.3 Å². The van der Waals surface area contributed by atoms with Crippen molar-refractivity contribution in [2.24, 2.45) is 0 Å². The van der Waals surface area contributed by atoms with E-state index in [1.54, 1.807) is 29.5 Å². The molecule has 0 amide bonds. The van der Waals surface area contributed by atoms with Gasteiger partial charge in [-0.3, -0.25) is 0 Å². The van der Waals surface area contributed by atoms with Crippen LogP contribution in [0, 0.1) is 0 Å². The summed E-state index contributed by atoms with van der Waals surface area (Å²) < 4.78 is 28.8. The molecule has 0 saturated carbocycles. The van der Waals surface area contributed by atoms with Crippen LogP contribution in [0.1, 0.15) is 24.3 Å². The lowest BCUT2D eigenvalue weighted by molar-refractivity contribution is 0.602. The van der Waals surface area contributed by atoms with Crippen LogP contribution in [0.3, 0.4) is 0 Å². The van der Waals surface area contributed by atoms with Gasteiger partial charge in [0.2, 0.25) is 10.0 Å². The zero-order valence-corrected chi connectivity index (χ0v) is 21.5. The number of nitrogens with zero attached hydrogens (tertiary/aromatic N) is 1. The summed E-state index contributed by atoms with van der Waals surface area (Å²) in [4.78, 5) is 1.05. The van der Waals surface area contributed by atoms with E-state index in [4.69, 9.17) is 34.8 Å². The van der Waals surface area contributed by atoms with Gasteiger partial charge in [-0.05, 0) is 64.9 Å². The molecular weight excluding hydrogens is 513 g/mol. The van der Waals surface area contributed by atoms with Gasteiger partial charge in [0.05, 0.1) is 27.0 Å². The fraction of sp³-hybridized carbons (Fsp3) is 0.182. The second-order valence-corrected chi connectivity index (χ2v) is 13.1. The summed E-state index contributed by atoms with van der Waals surface area (Å²) in [6.07, 6.45) is 1.16. The van der Waals surface area contributed by atoms with Crippen molar-refractivity contribution in [1.82, 2.24) is 0 Å². The van der Waals surface area contributed by atoms with Gasteiger partial charge in [-0.2, -0.15) is 0 Å². The Morgan fingerprint density at radius 1 is 0.968 bits per heavy atom. The Morgan fingerprint density at radius 2 is 1.71 bits per heavy atom. The number of hydrogen-bond donors (Lipinski definition) is 0. The van der Waals surface area contributed by atoms with Crippen molar-refractivity contribution >= 4 is 89.0 Å². The minimum Gasteiger partial charge on any atom is -0.237 e. The van der Waals surface area contributed by atoms with Crippen LogP contribution in [0.5, 0.6) is 0 Å². The van der Waals surface area contributed by atoms with Crippen molar-refractivity contribution in [3.05, 3.63) is 78.7 Å². The van der Waals surface area contributed by atoms with E-state index < -0.39 is 15.4 Å². The molecule has 31 heavy (non-hydrogen) atoms. The Labute approximate surface area is 204 Å². The molecule has 0 bridgehead atoms. The van der Waals surface area contributed by atoms with E-state index in [-0.39, 0.29) is 0 Å². The molecule has 0 spiro atoms. The molecule has 3 nitrogen and oxygen atoms in total. The van der Waals surface area contributed by atoms with Gasteiger partial charge in [-0.15, -0.1) is 22.7 Å². The third kappa shape index (κ3) is 4.47. The second-order valence-electron chi connectivity index (χ2n) is 7.72. The second kappa shape index (κ2) is 8.25. The van der Waals surface area contributed by atoms with Crippen molar-refractivity contribution in [1.29, 1.82) is 0 Å². The zero-order valence-electron chi connectivity index (χ0n) is 16.8. The smallest absolute Gasteiger partial charge is 0.236 e. The summed E-state index contributed by atoms with van der Waals surface area (Å²) in [7, 11) is -3.71. The fourth-order valence-electron chi connectivity index (χ4n) is 3.48. The Kier molecular flexibility index (Phi) is 6.09. The van der Waals surface area contributed by atoms with Gasteiger partial charge in [0.25, 0.3) is 0 Å². The largest absolute Gasteiger partial charge is 0.237 e. The van der Waals surface area contributed by atoms with Gasteiger partial charge in [-0.25, -0.2) is 12.7 Å². The molecule has 2 heterocycles. The number of rotatable bonds is 5. The highest BCUT2D eigenvalue weighted by Gasteiger charge is 2.29. The van der Waals surface area contributed by atoms with Crippen molar-refractivity contribution < 1.29 is 8.42 Å². The number of anilines is 2. The lowest BCUT2D eigenvalue weighted by Gasteiger charge is -2.28. The van der Waals surface area contributed by atoms with Crippen LogP contribution in [0.2, 0.25) is 14.4 Å². The topological polar surface area (TPSA) is 37.4 Å². The van der Waals surface area contributed by atoms with Crippen LogP contribution >= 0.6 is 57.5 Å². The first kappa shape index (κ1) is 22.9. The highest BCUT2D eigenvalue weighted by atomic mass is 35.5. The molecule has 0 unspecified atom stereocenters. The van der Waals surface area contributed by atoms with Gasteiger partial charge < -0.3 is 0 Å². The van der Waals surface area contributed by atoms with E-state index in [1.807, 2.05) is 35.7 Å². The molecule has 9 heteroatoms. The Morgan fingerprint density at radius 3 is 2.35 bits per heavy atom. The third-order valence-electron chi connectivity index (χ3n) is 5.10. The maximum Gasteiger partial charge on any atom is 0.236 e. The summed E-state index contributed by atoms with van der Waals surface area (Å²) in [5.74, 6) is 0. The van der Waals surface area contributed by atoms with Gasteiger partial charge in [0.15, 0.2) is 0 Å². The summed E-state index contributed by atoms with van der Waals surface area (Å²) in [6, 6.07) is 14.7. The van der Waals surface area contributed by atoms with Crippen LogP contribution in [0.25, 0.3) is 10.1 Å². The molecule has 4 rings (SSSR count). The first-order valence-electron chi connectivity index (χ1n) is 9.21. The summed E-state index contributed by atoms with van der Waals surface area (Å²) in [5, 5.41) is 3.66. The predicted octanol–water partition coefficient (Wildman–Crippen LogP) is 8.35. The molecule has 0 fully saturated rings. The quantitative estimate of drug-likeness (QED) is 0.260. The maximum absolute atomic E-state index is 12.9. The number of benzene rings is 2. The monoisotopic (exact) mass is 529 g/mol. The number of thiophene rings is 2. The lowest BCUT2D eigenvalue weighted by Crippen LogP contribution is -2.26. The van der Waals surface area contributed by atoms with E-state index >= 15 is 0 Å². The number of halogens is 3. The molecular formula is C22H18Cl3NO2S3. The van der Waals surface area contributed by atoms with Crippen molar-refractivity contribution in [2.75, 3.05) is 10.6 Å².